The Bertz CT molecular complexity index is 570. The molecule has 2 atom stereocenters. The van der Waals surface area contributed by atoms with Crippen LogP contribution in [0.25, 0.3) is 0 Å². The first-order chi connectivity index (χ1) is 11.0. The minimum Gasteiger partial charge on any atom is -0.379 e. The van der Waals surface area contributed by atoms with Gasteiger partial charge in [0.25, 0.3) is 0 Å². The quantitative estimate of drug-likeness (QED) is 0.898. The number of ether oxygens (including phenoxy) is 1. The molecule has 3 rings (SSSR count). The van der Waals surface area contributed by atoms with Gasteiger partial charge in [-0.1, -0.05) is 29.8 Å². The van der Waals surface area contributed by atoms with Crippen molar-refractivity contribution >= 4 is 17.5 Å². The van der Waals surface area contributed by atoms with Gasteiger partial charge in [-0.15, -0.1) is 0 Å². The Morgan fingerprint density at radius 1 is 1.35 bits per heavy atom. The third kappa shape index (κ3) is 3.87. The Hall–Kier alpha value is -1.10. The van der Waals surface area contributed by atoms with Gasteiger partial charge >= 0.3 is 0 Å². The van der Waals surface area contributed by atoms with Gasteiger partial charge in [-0.3, -0.25) is 9.69 Å². The molecule has 1 amide bonds. The summed E-state index contributed by atoms with van der Waals surface area (Å²) in [7, 11) is 0. The molecule has 1 aromatic carbocycles. The number of nitrogens with one attached hydrogen (secondary N) is 1. The zero-order valence-electron chi connectivity index (χ0n) is 13.8. The Morgan fingerprint density at radius 2 is 2.04 bits per heavy atom. The Labute approximate surface area is 143 Å². The fraction of sp³-hybridized carbons (Fsp3) is 0.611. The molecule has 1 N–H and O–H groups in total. The van der Waals surface area contributed by atoms with Gasteiger partial charge in [0.2, 0.25) is 5.91 Å². The summed E-state index contributed by atoms with van der Waals surface area (Å²) in [5, 5.41) is 3.90. The molecule has 1 aromatic rings. The molecular weight excluding hydrogens is 312 g/mol. The molecule has 126 valence electrons. The summed E-state index contributed by atoms with van der Waals surface area (Å²) in [6, 6.07) is 7.83. The van der Waals surface area contributed by atoms with E-state index in [9.17, 15) is 4.79 Å². The van der Waals surface area contributed by atoms with Gasteiger partial charge in [0.15, 0.2) is 0 Å². The van der Waals surface area contributed by atoms with Crippen LogP contribution in [0.1, 0.15) is 31.7 Å². The average Bonchev–Trinajstić information content (AvgIpc) is 3.34. The highest BCUT2D eigenvalue weighted by atomic mass is 35.5. The molecule has 0 bridgehead atoms. The number of morpholine rings is 1. The van der Waals surface area contributed by atoms with Crippen LogP contribution < -0.4 is 5.32 Å². The molecular formula is C18H25ClN2O2. The zero-order valence-corrected chi connectivity index (χ0v) is 14.6. The third-order valence-corrected chi connectivity index (χ3v) is 5.34. The van der Waals surface area contributed by atoms with E-state index >= 15 is 0 Å². The standard InChI is InChI=1S/C18H25ClN2O2/c1-18(2,21-7-9-23-10-8-21)12-20-17(22)15-11-14(15)13-5-3-4-6-16(13)19/h3-6,14-15H,7-12H2,1-2H3,(H,20,22). The van der Waals surface area contributed by atoms with E-state index in [2.05, 4.69) is 24.1 Å². The number of rotatable bonds is 5. The maximum Gasteiger partial charge on any atom is 0.223 e. The predicted octanol–water partition coefficient (Wildman–Crippen LogP) is 2.67. The van der Waals surface area contributed by atoms with E-state index in [1.807, 2.05) is 24.3 Å². The van der Waals surface area contributed by atoms with Gasteiger partial charge in [-0.25, -0.2) is 0 Å². The highest BCUT2D eigenvalue weighted by molar-refractivity contribution is 6.31. The van der Waals surface area contributed by atoms with Gasteiger partial charge in [0, 0.05) is 36.1 Å². The molecule has 1 saturated heterocycles. The van der Waals surface area contributed by atoms with Crippen LogP contribution >= 0.6 is 11.6 Å². The van der Waals surface area contributed by atoms with E-state index in [-0.39, 0.29) is 23.3 Å². The second-order valence-corrected chi connectivity index (χ2v) is 7.51. The van der Waals surface area contributed by atoms with E-state index < -0.39 is 0 Å². The molecule has 0 aromatic heterocycles. The Kier molecular flexibility index (Phi) is 4.95. The molecule has 2 unspecified atom stereocenters. The average molecular weight is 337 g/mol. The molecule has 5 heteroatoms. The van der Waals surface area contributed by atoms with Crippen molar-refractivity contribution in [2.45, 2.75) is 31.7 Å². The number of amides is 1. The molecule has 4 nitrogen and oxygen atoms in total. The predicted molar refractivity (Wildman–Crippen MR) is 91.8 cm³/mol. The summed E-state index contributed by atoms with van der Waals surface area (Å²) in [4.78, 5) is 14.8. The minimum atomic E-state index is -0.0474. The lowest BCUT2D eigenvalue weighted by Crippen LogP contribution is -2.55. The van der Waals surface area contributed by atoms with Crippen molar-refractivity contribution in [1.82, 2.24) is 10.2 Å². The summed E-state index contributed by atoms with van der Waals surface area (Å²) < 4.78 is 5.40. The topological polar surface area (TPSA) is 41.6 Å². The molecule has 2 aliphatic rings. The van der Waals surface area contributed by atoms with Crippen LogP contribution in [0.2, 0.25) is 5.02 Å². The number of nitrogens with zero attached hydrogens (tertiary/aromatic N) is 1. The third-order valence-electron chi connectivity index (χ3n) is 4.99. The first kappa shape index (κ1) is 16.7. The normalized spacial score (nSPS) is 25.2. The van der Waals surface area contributed by atoms with Gasteiger partial charge in [0.05, 0.1) is 13.2 Å². The molecule has 0 radical (unpaired) electrons. The molecule has 1 aliphatic heterocycles. The highest BCUT2D eigenvalue weighted by Crippen LogP contribution is 2.49. The van der Waals surface area contributed by atoms with Gasteiger partial charge in [-0.05, 0) is 37.8 Å². The van der Waals surface area contributed by atoms with E-state index in [0.717, 1.165) is 43.3 Å². The number of halogens is 1. The monoisotopic (exact) mass is 336 g/mol. The maximum absolute atomic E-state index is 12.4. The second-order valence-electron chi connectivity index (χ2n) is 7.10. The lowest BCUT2D eigenvalue weighted by molar-refractivity contribution is -0.123. The van der Waals surface area contributed by atoms with Crippen molar-refractivity contribution in [3.05, 3.63) is 34.9 Å². The summed E-state index contributed by atoms with van der Waals surface area (Å²) >= 11 is 6.23. The van der Waals surface area contributed by atoms with Gasteiger partial charge in [0.1, 0.15) is 0 Å². The first-order valence-corrected chi connectivity index (χ1v) is 8.72. The number of benzene rings is 1. The number of hydrogen-bond donors (Lipinski definition) is 1. The Balaban J connectivity index is 1.51. The lowest BCUT2D eigenvalue weighted by Gasteiger charge is -2.40. The number of hydrogen-bond acceptors (Lipinski definition) is 3. The van der Waals surface area contributed by atoms with Gasteiger partial charge in [-0.2, -0.15) is 0 Å². The largest absolute Gasteiger partial charge is 0.379 e. The molecule has 2 fully saturated rings. The number of carbonyl (C=O) groups is 1. The van der Waals surface area contributed by atoms with Crippen LogP contribution in [0.15, 0.2) is 24.3 Å². The Morgan fingerprint density at radius 3 is 2.74 bits per heavy atom. The fourth-order valence-electron chi connectivity index (χ4n) is 3.32. The molecule has 0 spiro atoms. The van der Waals surface area contributed by atoms with Crippen LogP contribution in [0.3, 0.4) is 0 Å². The smallest absolute Gasteiger partial charge is 0.223 e. The van der Waals surface area contributed by atoms with E-state index in [1.54, 1.807) is 0 Å². The lowest BCUT2D eigenvalue weighted by atomic mass is 10.0. The van der Waals surface area contributed by atoms with Crippen LogP contribution in [0, 0.1) is 5.92 Å². The van der Waals surface area contributed by atoms with Crippen LogP contribution in [0.4, 0.5) is 0 Å². The first-order valence-electron chi connectivity index (χ1n) is 8.34. The minimum absolute atomic E-state index is 0.0474. The summed E-state index contributed by atoms with van der Waals surface area (Å²) in [5.74, 6) is 0.488. The summed E-state index contributed by atoms with van der Waals surface area (Å²) in [6.07, 6.45) is 0.896. The molecule has 1 heterocycles. The van der Waals surface area contributed by atoms with Crippen LogP contribution in [0.5, 0.6) is 0 Å². The number of carbonyl (C=O) groups excluding carboxylic acids is 1. The van der Waals surface area contributed by atoms with Crippen LogP contribution in [-0.4, -0.2) is 49.2 Å². The van der Waals surface area contributed by atoms with Crippen molar-refractivity contribution in [2.24, 2.45) is 5.92 Å². The van der Waals surface area contributed by atoms with E-state index in [4.69, 9.17) is 16.3 Å². The van der Waals surface area contributed by atoms with Crippen molar-refractivity contribution < 1.29 is 9.53 Å². The highest BCUT2D eigenvalue weighted by Gasteiger charge is 2.45. The van der Waals surface area contributed by atoms with Crippen molar-refractivity contribution in [2.75, 3.05) is 32.8 Å². The summed E-state index contributed by atoms with van der Waals surface area (Å²) in [6.45, 7) is 8.41. The van der Waals surface area contributed by atoms with Gasteiger partial charge < -0.3 is 10.1 Å². The van der Waals surface area contributed by atoms with E-state index in [1.165, 1.54) is 0 Å². The second kappa shape index (κ2) is 6.80. The fourth-order valence-corrected chi connectivity index (χ4v) is 3.60. The zero-order chi connectivity index (χ0) is 16.4. The SMILES string of the molecule is CC(C)(CNC(=O)C1CC1c1ccccc1Cl)N1CCOCC1. The molecule has 1 aliphatic carbocycles. The van der Waals surface area contributed by atoms with E-state index in [0.29, 0.717) is 6.54 Å². The van der Waals surface area contributed by atoms with Crippen molar-refractivity contribution in [3.8, 4) is 0 Å². The molecule has 23 heavy (non-hydrogen) atoms. The van der Waals surface area contributed by atoms with Crippen molar-refractivity contribution in [3.63, 3.8) is 0 Å². The van der Waals surface area contributed by atoms with Crippen molar-refractivity contribution in [1.29, 1.82) is 0 Å². The summed E-state index contributed by atoms with van der Waals surface area (Å²) in [5.41, 5.74) is 1.05. The maximum atomic E-state index is 12.4. The van der Waals surface area contributed by atoms with Crippen LogP contribution in [-0.2, 0) is 9.53 Å². The molecule has 1 saturated carbocycles.